The third kappa shape index (κ3) is 3.23. The van der Waals surface area contributed by atoms with E-state index >= 15 is 0 Å². The first kappa shape index (κ1) is 16.0. The van der Waals surface area contributed by atoms with E-state index in [4.69, 9.17) is 9.57 Å². The van der Waals surface area contributed by atoms with Crippen molar-refractivity contribution in [1.29, 1.82) is 0 Å². The normalized spacial score (nSPS) is 23.9. The fourth-order valence-corrected chi connectivity index (χ4v) is 2.62. The number of hydrogen-bond acceptors (Lipinski definition) is 7. The van der Waals surface area contributed by atoms with Crippen molar-refractivity contribution in [3.05, 3.63) is 47.5 Å². The van der Waals surface area contributed by atoms with Gasteiger partial charge in [0.05, 0.1) is 19.7 Å². The number of nitrogens with zero attached hydrogens (tertiary/aromatic N) is 1. The van der Waals surface area contributed by atoms with E-state index in [-0.39, 0.29) is 25.1 Å². The summed E-state index contributed by atoms with van der Waals surface area (Å²) in [5.41, 5.74) is 1.43. The van der Waals surface area contributed by atoms with Gasteiger partial charge in [-0.15, -0.1) is 5.06 Å². The van der Waals surface area contributed by atoms with Crippen molar-refractivity contribution in [2.45, 2.75) is 18.7 Å². The summed E-state index contributed by atoms with van der Waals surface area (Å²) in [5.74, 6) is -0.803. The smallest absolute Gasteiger partial charge is 0.466 e. The van der Waals surface area contributed by atoms with E-state index < -0.39 is 18.2 Å². The molecule has 1 aromatic carbocycles. The Hall–Kier alpha value is -2.87. The van der Waals surface area contributed by atoms with Crippen LogP contribution in [0.25, 0.3) is 0 Å². The summed E-state index contributed by atoms with van der Waals surface area (Å²) >= 11 is 0. The first-order valence-electron chi connectivity index (χ1n) is 7.32. The monoisotopic (exact) mass is 332 g/mol. The third-order valence-electron chi connectivity index (χ3n) is 3.83. The Morgan fingerprint density at radius 1 is 1.33 bits per heavy atom. The van der Waals surface area contributed by atoms with E-state index in [2.05, 4.69) is 10.1 Å². The Morgan fingerprint density at radius 3 is 2.75 bits per heavy atom. The molecule has 8 nitrogen and oxygen atoms in total. The molecular formula is C16H16N2O6. The summed E-state index contributed by atoms with van der Waals surface area (Å²) in [6, 6.07) is 8.14. The molecule has 8 heteroatoms. The van der Waals surface area contributed by atoms with Crippen molar-refractivity contribution >= 4 is 18.0 Å². The minimum absolute atomic E-state index is 0.0681. The highest BCUT2D eigenvalue weighted by Crippen LogP contribution is 2.30. The van der Waals surface area contributed by atoms with Crippen LogP contribution in [-0.4, -0.2) is 48.8 Å². The minimum Gasteiger partial charge on any atom is -0.466 e. The molecule has 0 radical (unpaired) electrons. The van der Waals surface area contributed by atoms with Crippen molar-refractivity contribution in [2.24, 2.45) is 0 Å². The van der Waals surface area contributed by atoms with E-state index in [9.17, 15) is 14.4 Å². The predicted octanol–water partition coefficient (Wildman–Crippen LogP) is 0.537. The number of fused-ring (bicyclic) bond motifs is 1. The highest BCUT2D eigenvalue weighted by atomic mass is 16.8. The van der Waals surface area contributed by atoms with E-state index in [1.54, 1.807) is 0 Å². The fourth-order valence-electron chi connectivity index (χ4n) is 2.62. The highest BCUT2D eigenvalue weighted by molar-refractivity contribution is 5.93. The molecule has 24 heavy (non-hydrogen) atoms. The van der Waals surface area contributed by atoms with Gasteiger partial charge in [0.25, 0.3) is 0 Å². The summed E-state index contributed by atoms with van der Waals surface area (Å²) in [6.07, 6.45) is 0.382. The van der Waals surface area contributed by atoms with Gasteiger partial charge in [0.1, 0.15) is 12.6 Å². The lowest BCUT2D eigenvalue weighted by atomic mass is 9.96. The minimum atomic E-state index is -0.906. The van der Waals surface area contributed by atoms with Crippen LogP contribution in [0.3, 0.4) is 0 Å². The van der Waals surface area contributed by atoms with Crippen LogP contribution >= 0.6 is 0 Å². The molecule has 126 valence electrons. The van der Waals surface area contributed by atoms with Crippen LogP contribution in [-0.2, 0) is 30.5 Å². The number of β-lactam (4-membered cyclic amide) rings is 1. The Morgan fingerprint density at radius 2 is 2.08 bits per heavy atom. The molecule has 1 aromatic rings. The van der Waals surface area contributed by atoms with Crippen molar-refractivity contribution in [1.82, 2.24) is 10.4 Å². The lowest BCUT2D eigenvalue weighted by Gasteiger charge is -2.33. The SMILES string of the molecule is COC(=O)/C=C1\CN(OC(=O)OCc2ccccc2)[C@@H]2C(=O)N[C@H]12. The van der Waals surface area contributed by atoms with Crippen LogP contribution in [0.4, 0.5) is 4.79 Å². The van der Waals surface area contributed by atoms with Gasteiger partial charge in [-0.05, 0) is 11.1 Å². The number of rotatable bonds is 4. The molecule has 0 unspecified atom stereocenters. The van der Waals surface area contributed by atoms with Crippen LogP contribution in [0.15, 0.2) is 42.0 Å². The predicted molar refractivity (Wildman–Crippen MR) is 80.2 cm³/mol. The van der Waals surface area contributed by atoms with Crippen molar-refractivity contribution in [3.63, 3.8) is 0 Å². The number of nitrogens with one attached hydrogen (secondary N) is 1. The molecule has 3 rings (SSSR count). The number of hydroxylamine groups is 2. The number of carbonyl (C=O) groups excluding carboxylic acids is 3. The molecule has 1 N–H and O–H groups in total. The zero-order chi connectivity index (χ0) is 17.1. The van der Waals surface area contributed by atoms with E-state index in [0.717, 1.165) is 5.56 Å². The summed E-state index contributed by atoms with van der Waals surface area (Å²) in [4.78, 5) is 39.9. The zero-order valence-corrected chi connectivity index (χ0v) is 12.9. The van der Waals surface area contributed by atoms with Gasteiger partial charge in [0, 0.05) is 6.08 Å². The maximum atomic E-state index is 11.8. The molecule has 2 aliphatic heterocycles. The molecule has 2 heterocycles. The van der Waals surface area contributed by atoms with E-state index in [0.29, 0.717) is 5.57 Å². The maximum Gasteiger partial charge on any atom is 0.528 e. The highest BCUT2D eigenvalue weighted by Gasteiger charge is 2.53. The van der Waals surface area contributed by atoms with Gasteiger partial charge in [-0.2, -0.15) is 0 Å². The Bertz CT molecular complexity index is 687. The van der Waals surface area contributed by atoms with Crippen LogP contribution in [0.1, 0.15) is 5.56 Å². The molecule has 0 spiro atoms. The largest absolute Gasteiger partial charge is 0.528 e. The van der Waals surface area contributed by atoms with Gasteiger partial charge in [0.2, 0.25) is 5.91 Å². The van der Waals surface area contributed by atoms with Gasteiger partial charge in [-0.25, -0.2) is 9.59 Å². The standard InChI is InChI=1S/C16H16N2O6/c1-22-12(19)7-11-8-18(14-13(11)17-15(14)20)24-16(21)23-9-10-5-3-2-4-6-10/h2-7,13-14H,8-9H2,1H3,(H,17,20)/b11-7+/t13-,14+/m1/s1. The van der Waals surface area contributed by atoms with Gasteiger partial charge < -0.3 is 19.6 Å². The molecule has 2 saturated heterocycles. The fraction of sp³-hybridized carbons (Fsp3) is 0.312. The van der Waals surface area contributed by atoms with Crippen molar-refractivity contribution < 1.29 is 28.7 Å². The summed E-state index contributed by atoms with van der Waals surface area (Å²) in [7, 11) is 1.26. The molecule has 0 bridgehead atoms. The molecule has 1 amide bonds. The average molecular weight is 332 g/mol. The summed E-state index contributed by atoms with van der Waals surface area (Å²) < 4.78 is 9.60. The molecule has 2 atom stereocenters. The van der Waals surface area contributed by atoms with Crippen LogP contribution < -0.4 is 5.32 Å². The summed E-state index contributed by atoms with van der Waals surface area (Å²) in [5, 5.41) is 3.87. The molecule has 0 aliphatic carbocycles. The van der Waals surface area contributed by atoms with Crippen LogP contribution in [0.2, 0.25) is 0 Å². The lowest BCUT2D eigenvalue weighted by molar-refractivity contribution is -0.168. The second-order valence-corrected chi connectivity index (χ2v) is 5.36. The van der Waals surface area contributed by atoms with Crippen LogP contribution in [0, 0.1) is 0 Å². The van der Waals surface area contributed by atoms with Gasteiger partial charge >= 0.3 is 12.1 Å². The van der Waals surface area contributed by atoms with Gasteiger partial charge in [0.15, 0.2) is 0 Å². The molecular weight excluding hydrogens is 316 g/mol. The second kappa shape index (κ2) is 6.71. The topological polar surface area (TPSA) is 94.2 Å². The number of amides is 1. The number of carbonyl (C=O) groups is 3. The average Bonchev–Trinajstić information content (AvgIpc) is 2.84. The molecule has 2 aliphatic rings. The number of ether oxygens (including phenoxy) is 2. The second-order valence-electron chi connectivity index (χ2n) is 5.36. The summed E-state index contributed by atoms with van der Waals surface area (Å²) in [6.45, 7) is 0.197. The first-order valence-corrected chi connectivity index (χ1v) is 7.32. The number of hydrogen-bond donors (Lipinski definition) is 1. The number of methoxy groups -OCH3 is 1. The van der Waals surface area contributed by atoms with Crippen molar-refractivity contribution in [2.75, 3.05) is 13.7 Å². The third-order valence-corrected chi connectivity index (χ3v) is 3.83. The lowest BCUT2D eigenvalue weighted by Crippen LogP contribution is -2.64. The Balaban J connectivity index is 1.58. The van der Waals surface area contributed by atoms with Crippen molar-refractivity contribution in [3.8, 4) is 0 Å². The van der Waals surface area contributed by atoms with Crippen LogP contribution in [0.5, 0.6) is 0 Å². The van der Waals surface area contributed by atoms with Gasteiger partial charge in [-0.3, -0.25) is 4.79 Å². The molecule has 0 saturated carbocycles. The number of benzene rings is 1. The molecule has 0 aromatic heterocycles. The first-order chi connectivity index (χ1) is 11.6. The Kier molecular flexibility index (Phi) is 4.48. The number of esters is 1. The maximum absolute atomic E-state index is 11.8. The Labute approximate surface area is 137 Å². The van der Waals surface area contributed by atoms with E-state index in [1.807, 2.05) is 30.3 Å². The molecule has 2 fully saturated rings. The zero-order valence-electron chi connectivity index (χ0n) is 12.9. The van der Waals surface area contributed by atoms with Gasteiger partial charge in [-0.1, -0.05) is 30.3 Å². The quantitative estimate of drug-likeness (QED) is 0.488. The van der Waals surface area contributed by atoms with E-state index in [1.165, 1.54) is 18.2 Å².